The first-order chi connectivity index (χ1) is 11.5. The third-order valence-electron chi connectivity index (χ3n) is 3.90. The van der Waals surface area contributed by atoms with E-state index in [9.17, 15) is 19.6 Å². The highest BCUT2D eigenvalue weighted by Gasteiger charge is 2.23. The summed E-state index contributed by atoms with van der Waals surface area (Å²) in [5, 5.41) is 20.8. The molecule has 0 fully saturated rings. The van der Waals surface area contributed by atoms with Gasteiger partial charge in [-0.1, -0.05) is 18.2 Å². The van der Waals surface area contributed by atoms with Crippen molar-refractivity contribution in [3.05, 3.63) is 69.5 Å². The van der Waals surface area contributed by atoms with Crippen LogP contribution >= 0.6 is 0 Å². The molecule has 2 rings (SSSR count). The van der Waals surface area contributed by atoms with Crippen LogP contribution in [0.5, 0.6) is 5.75 Å². The Morgan fingerprint density at radius 3 is 2.50 bits per heavy atom. The lowest BCUT2D eigenvalue weighted by atomic mass is 10.0. The van der Waals surface area contributed by atoms with Crippen LogP contribution in [0.2, 0.25) is 0 Å². The molecule has 2 aromatic rings. The normalized spacial score (nSPS) is 12.2. The van der Waals surface area contributed by atoms with Crippen LogP contribution in [0, 0.1) is 15.9 Å². The number of hydrogen-bond acceptors (Lipinski definition) is 5. The molecule has 0 radical (unpaired) electrons. The molecule has 0 saturated carbocycles. The largest absolute Gasteiger partial charge is 0.497 e. The zero-order chi connectivity index (χ0) is 17.7. The molecule has 1 N–H and O–H groups in total. The molecule has 0 saturated heterocycles. The summed E-state index contributed by atoms with van der Waals surface area (Å²) in [4.78, 5) is 12.2. The van der Waals surface area contributed by atoms with Gasteiger partial charge in [-0.05, 0) is 30.8 Å². The van der Waals surface area contributed by atoms with Gasteiger partial charge in [-0.15, -0.1) is 0 Å². The van der Waals surface area contributed by atoms with Gasteiger partial charge in [0.15, 0.2) is 0 Å². The van der Waals surface area contributed by atoms with Crippen molar-refractivity contribution in [3.8, 4) is 5.75 Å². The Labute approximate surface area is 139 Å². The molecular formula is C17H19FN2O4. The van der Waals surface area contributed by atoms with Gasteiger partial charge in [0, 0.05) is 12.6 Å². The van der Waals surface area contributed by atoms with E-state index in [-0.39, 0.29) is 24.4 Å². The van der Waals surface area contributed by atoms with E-state index in [1.54, 1.807) is 43.3 Å². The first kappa shape index (κ1) is 17.8. The molecule has 1 atom stereocenters. The number of aliphatic hydroxyl groups excluding tert-OH is 1. The number of benzene rings is 2. The fourth-order valence-corrected chi connectivity index (χ4v) is 2.56. The highest BCUT2D eigenvalue weighted by atomic mass is 19.1. The highest BCUT2D eigenvalue weighted by Crippen LogP contribution is 2.27. The summed E-state index contributed by atoms with van der Waals surface area (Å²) in [7, 11) is 3.24. The molecule has 0 spiro atoms. The van der Waals surface area contributed by atoms with Crippen molar-refractivity contribution in [3.63, 3.8) is 0 Å². The van der Waals surface area contributed by atoms with Crippen molar-refractivity contribution in [2.75, 3.05) is 20.8 Å². The number of aliphatic hydroxyl groups is 1. The first-order valence-corrected chi connectivity index (χ1v) is 7.34. The van der Waals surface area contributed by atoms with Crippen LogP contribution in [0.4, 0.5) is 10.1 Å². The molecule has 0 bridgehead atoms. The third-order valence-corrected chi connectivity index (χ3v) is 3.90. The molecule has 7 heteroatoms. The summed E-state index contributed by atoms with van der Waals surface area (Å²) >= 11 is 0. The van der Waals surface area contributed by atoms with Crippen LogP contribution < -0.4 is 4.74 Å². The maximum absolute atomic E-state index is 14.0. The number of methoxy groups -OCH3 is 1. The molecule has 1 unspecified atom stereocenters. The molecule has 128 valence electrons. The maximum atomic E-state index is 14.0. The molecule has 0 aliphatic carbocycles. The molecule has 24 heavy (non-hydrogen) atoms. The summed E-state index contributed by atoms with van der Waals surface area (Å²) < 4.78 is 19.1. The van der Waals surface area contributed by atoms with Crippen LogP contribution in [-0.2, 0) is 6.54 Å². The zero-order valence-corrected chi connectivity index (χ0v) is 13.5. The van der Waals surface area contributed by atoms with Crippen molar-refractivity contribution in [1.82, 2.24) is 4.90 Å². The number of ether oxygens (including phenoxy) is 1. The number of likely N-dealkylation sites (N-methyl/N-ethyl adjacent to an activating group) is 1. The van der Waals surface area contributed by atoms with Crippen molar-refractivity contribution in [2.24, 2.45) is 0 Å². The second kappa shape index (κ2) is 7.85. The lowest BCUT2D eigenvalue weighted by molar-refractivity contribution is -0.386. The Kier molecular flexibility index (Phi) is 5.83. The topological polar surface area (TPSA) is 75.8 Å². The van der Waals surface area contributed by atoms with Gasteiger partial charge in [-0.25, -0.2) is 4.39 Å². The summed E-state index contributed by atoms with van der Waals surface area (Å²) in [6.07, 6.45) is 0. The van der Waals surface area contributed by atoms with E-state index in [1.165, 1.54) is 18.2 Å². The molecule has 0 heterocycles. The molecule has 2 aromatic carbocycles. The summed E-state index contributed by atoms with van der Waals surface area (Å²) in [5.41, 5.74) is 0.532. The number of nitro benzene ring substituents is 1. The van der Waals surface area contributed by atoms with E-state index in [4.69, 9.17) is 4.74 Å². The minimum Gasteiger partial charge on any atom is -0.497 e. The second-order valence-corrected chi connectivity index (χ2v) is 5.38. The average Bonchev–Trinajstić information content (AvgIpc) is 2.57. The number of nitrogens with zero attached hydrogens (tertiary/aromatic N) is 2. The van der Waals surface area contributed by atoms with Crippen molar-refractivity contribution in [2.45, 2.75) is 12.6 Å². The average molecular weight is 334 g/mol. The van der Waals surface area contributed by atoms with Gasteiger partial charge >= 0.3 is 0 Å². The van der Waals surface area contributed by atoms with Crippen molar-refractivity contribution >= 4 is 5.69 Å². The summed E-state index contributed by atoms with van der Waals surface area (Å²) in [6.45, 7) is -0.203. The van der Waals surface area contributed by atoms with Gasteiger partial charge < -0.3 is 9.84 Å². The van der Waals surface area contributed by atoms with Crippen LogP contribution in [0.3, 0.4) is 0 Å². The lowest BCUT2D eigenvalue weighted by Crippen LogP contribution is -2.27. The zero-order valence-electron chi connectivity index (χ0n) is 13.5. The lowest BCUT2D eigenvalue weighted by Gasteiger charge is -2.27. The smallest absolute Gasteiger partial charge is 0.276 e. The van der Waals surface area contributed by atoms with Crippen LogP contribution in [-0.4, -0.2) is 35.7 Å². The molecule has 0 aliphatic rings. The molecular weight excluding hydrogens is 315 g/mol. The molecule has 0 aliphatic heterocycles. The predicted octanol–water partition coefficient (Wildman–Crippen LogP) is 2.91. The van der Waals surface area contributed by atoms with E-state index in [0.29, 0.717) is 5.75 Å². The predicted molar refractivity (Wildman–Crippen MR) is 87.3 cm³/mol. The Balaban J connectivity index is 2.26. The first-order valence-electron chi connectivity index (χ1n) is 7.34. The monoisotopic (exact) mass is 334 g/mol. The number of nitro groups is 1. The minimum absolute atomic E-state index is 0.000241. The summed E-state index contributed by atoms with van der Waals surface area (Å²) in [5.74, 6) is 0.0466. The maximum Gasteiger partial charge on any atom is 0.276 e. The van der Waals surface area contributed by atoms with Gasteiger partial charge in [-0.2, -0.15) is 0 Å². The minimum atomic E-state index is -0.637. The van der Waals surface area contributed by atoms with Crippen molar-refractivity contribution in [1.29, 1.82) is 0 Å². The Morgan fingerprint density at radius 2 is 1.96 bits per heavy atom. The van der Waals surface area contributed by atoms with E-state index in [1.807, 2.05) is 0 Å². The number of halogens is 1. The van der Waals surface area contributed by atoms with Gasteiger partial charge in [0.05, 0.1) is 30.2 Å². The fraction of sp³-hybridized carbons (Fsp3) is 0.294. The number of rotatable bonds is 7. The van der Waals surface area contributed by atoms with E-state index in [2.05, 4.69) is 0 Å². The fourth-order valence-electron chi connectivity index (χ4n) is 2.56. The van der Waals surface area contributed by atoms with Crippen LogP contribution in [0.25, 0.3) is 0 Å². The Bertz CT molecular complexity index is 706. The van der Waals surface area contributed by atoms with E-state index in [0.717, 1.165) is 5.56 Å². The SMILES string of the molecule is COc1ccc(C(CO)N(C)Cc2c(F)cccc2[N+](=O)[O-])cc1. The number of hydrogen-bond donors (Lipinski definition) is 1. The van der Waals surface area contributed by atoms with Gasteiger partial charge in [-0.3, -0.25) is 15.0 Å². The van der Waals surface area contributed by atoms with Crippen LogP contribution in [0.1, 0.15) is 17.2 Å². The Morgan fingerprint density at radius 1 is 1.29 bits per heavy atom. The van der Waals surface area contributed by atoms with E-state index < -0.39 is 16.8 Å². The molecule has 0 aromatic heterocycles. The third kappa shape index (κ3) is 3.87. The quantitative estimate of drug-likeness (QED) is 0.622. The second-order valence-electron chi connectivity index (χ2n) is 5.38. The van der Waals surface area contributed by atoms with Gasteiger partial charge in [0.1, 0.15) is 11.6 Å². The standard InChI is InChI=1S/C17H19FN2O4/c1-19(10-14-15(18)4-3-5-16(14)20(22)23)17(11-21)12-6-8-13(24-2)9-7-12/h3-9,17,21H,10-11H2,1-2H3. The summed E-state index contributed by atoms with van der Waals surface area (Å²) in [6, 6.07) is 10.5. The highest BCUT2D eigenvalue weighted by molar-refractivity contribution is 5.41. The van der Waals surface area contributed by atoms with E-state index >= 15 is 0 Å². The van der Waals surface area contributed by atoms with Gasteiger partial charge in [0.2, 0.25) is 0 Å². The molecule has 6 nitrogen and oxygen atoms in total. The van der Waals surface area contributed by atoms with Crippen LogP contribution in [0.15, 0.2) is 42.5 Å². The molecule has 0 amide bonds. The van der Waals surface area contributed by atoms with Crippen molar-refractivity contribution < 1.29 is 19.2 Å². The Hall–Kier alpha value is -2.51. The van der Waals surface area contributed by atoms with Gasteiger partial charge in [0.25, 0.3) is 5.69 Å².